The molecule has 6 nitrogen and oxygen atoms in total. The molecule has 2 rings (SSSR count). The number of aromatic nitrogens is 2. The van der Waals surface area contributed by atoms with Gasteiger partial charge in [0.25, 0.3) is 10.0 Å². The minimum absolute atomic E-state index is 0.113. The SMILES string of the molecule is Cc1ncc(S(=O)(=O)N2CCCC(CCO)C2)[nH]1. The first-order valence-electron chi connectivity index (χ1n) is 6.16. The van der Waals surface area contributed by atoms with Crippen LogP contribution in [0.3, 0.4) is 0 Å². The summed E-state index contributed by atoms with van der Waals surface area (Å²) in [6.45, 7) is 2.87. The molecular formula is C11H19N3O3S. The highest BCUT2D eigenvalue weighted by atomic mass is 32.2. The van der Waals surface area contributed by atoms with Crippen molar-refractivity contribution in [2.24, 2.45) is 5.92 Å². The van der Waals surface area contributed by atoms with E-state index < -0.39 is 10.0 Å². The molecule has 1 aromatic heterocycles. The lowest BCUT2D eigenvalue weighted by Crippen LogP contribution is -2.40. The number of rotatable bonds is 4. The van der Waals surface area contributed by atoms with Gasteiger partial charge in [0.1, 0.15) is 5.82 Å². The van der Waals surface area contributed by atoms with Crippen molar-refractivity contribution < 1.29 is 13.5 Å². The van der Waals surface area contributed by atoms with E-state index in [1.54, 1.807) is 6.92 Å². The van der Waals surface area contributed by atoms with Crippen LogP contribution in [-0.4, -0.2) is 47.5 Å². The molecule has 0 radical (unpaired) electrons. The predicted octanol–water partition coefficient (Wildman–Crippen LogP) is 0.501. The number of sulfonamides is 1. The number of aliphatic hydroxyl groups excluding tert-OH is 1. The number of aliphatic hydroxyl groups is 1. The van der Waals surface area contributed by atoms with Crippen molar-refractivity contribution in [1.29, 1.82) is 0 Å². The summed E-state index contributed by atoms with van der Waals surface area (Å²) < 4.78 is 26.2. The van der Waals surface area contributed by atoms with Gasteiger partial charge in [-0.1, -0.05) is 0 Å². The third kappa shape index (κ3) is 2.73. The normalized spacial score (nSPS) is 22.2. The Balaban J connectivity index is 2.15. The van der Waals surface area contributed by atoms with E-state index in [1.165, 1.54) is 10.5 Å². The molecule has 1 aromatic rings. The molecular weight excluding hydrogens is 254 g/mol. The molecule has 0 spiro atoms. The van der Waals surface area contributed by atoms with Gasteiger partial charge in [-0.2, -0.15) is 4.31 Å². The summed E-state index contributed by atoms with van der Waals surface area (Å²) in [6, 6.07) is 0. The second-order valence-electron chi connectivity index (χ2n) is 4.72. The minimum Gasteiger partial charge on any atom is -0.396 e. The zero-order chi connectivity index (χ0) is 13.2. The van der Waals surface area contributed by atoms with E-state index in [9.17, 15) is 8.42 Å². The number of aryl methyl sites for hydroxylation is 1. The van der Waals surface area contributed by atoms with Crippen LogP contribution in [-0.2, 0) is 10.0 Å². The van der Waals surface area contributed by atoms with Crippen molar-refractivity contribution in [2.45, 2.75) is 31.2 Å². The molecule has 1 saturated heterocycles. The standard InChI is InChI=1S/C11H19N3O3S/c1-9-12-7-11(13-9)18(16,17)14-5-2-3-10(8-14)4-6-15/h7,10,15H,2-6,8H2,1H3,(H,12,13). The maximum atomic E-state index is 12.3. The maximum Gasteiger partial charge on any atom is 0.260 e. The van der Waals surface area contributed by atoms with E-state index in [0.717, 1.165) is 12.8 Å². The smallest absolute Gasteiger partial charge is 0.260 e. The Hall–Kier alpha value is -0.920. The molecule has 0 aromatic carbocycles. The molecule has 7 heteroatoms. The van der Waals surface area contributed by atoms with Gasteiger partial charge < -0.3 is 10.1 Å². The van der Waals surface area contributed by atoms with E-state index in [-0.39, 0.29) is 17.6 Å². The van der Waals surface area contributed by atoms with Crippen LogP contribution in [0.5, 0.6) is 0 Å². The monoisotopic (exact) mass is 273 g/mol. The van der Waals surface area contributed by atoms with Gasteiger partial charge >= 0.3 is 0 Å². The molecule has 0 amide bonds. The van der Waals surface area contributed by atoms with Gasteiger partial charge in [0.15, 0.2) is 5.03 Å². The third-order valence-electron chi connectivity index (χ3n) is 3.32. The van der Waals surface area contributed by atoms with Gasteiger partial charge in [-0.05, 0) is 32.1 Å². The Morgan fingerprint density at radius 2 is 2.39 bits per heavy atom. The molecule has 0 aliphatic carbocycles. The van der Waals surface area contributed by atoms with Crippen molar-refractivity contribution in [2.75, 3.05) is 19.7 Å². The lowest BCUT2D eigenvalue weighted by molar-refractivity contribution is 0.202. The molecule has 102 valence electrons. The number of aromatic amines is 1. The van der Waals surface area contributed by atoms with E-state index in [0.29, 0.717) is 25.3 Å². The van der Waals surface area contributed by atoms with E-state index in [4.69, 9.17) is 5.11 Å². The van der Waals surface area contributed by atoms with Crippen LogP contribution in [0, 0.1) is 12.8 Å². The Bertz CT molecular complexity index is 495. The summed E-state index contributed by atoms with van der Waals surface area (Å²) in [5.74, 6) is 0.847. The second-order valence-corrected chi connectivity index (χ2v) is 6.62. The zero-order valence-corrected chi connectivity index (χ0v) is 11.3. The van der Waals surface area contributed by atoms with Crippen LogP contribution in [0.4, 0.5) is 0 Å². The molecule has 0 saturated carbocycles. The number of imidazole rings is 1. The minimum atomic E-state index is -3.46. The predicted molar refractivity (Wildman–Crippen MR) is 66.5 cm³/mol. The Morgan fingerprint density at radius 3 is 3.00 bits per heavy atom. The van der Waals surface area contributed by atoms with E-state index in [1.807, 2.05) is 0 Å². The van der Waals surface area contributed by atoms with Crippen LogP contribution in [0.2, 0.25) is 0 Å². The maximum absolute atomic E-state index is 12.3. The Morgan fingerprint density at radius 1 is 1.61 bits per heavy atom. The molecule has 2 N–H and O–H groups in total. The van der Waals surface area contributed by atoms with Crippen LogP contribution in [0.25, 0.3) is 0 Å². The van der Waals surface area contributed by atoms with Crippen LogP contribution in [0.1, 0.15) is 25.1 Å². The number of nitrogens with one attached hydrogen (secondary N) is 1. The van der Waals surface area contributed by atoms with Crippen molar-refractivity contribution in [3.8, 4) is 0 Å². The number of nitrogens with zero attached hydrogens (tertiary/aromatic N) is 2. The molecule has 1 atom stereocenters. The molecule has 1 aliphatic heterocycles. The quantitative estimate of drug-likeness (QED) is 0.836. The van der Waals surface area contributed by atoms with Crippen molar-refractivity contribution in [3.63, 3.8) is 0 Å². The molecule has 0 bridgehead atoms. The first-order valence-corrected chi connectivity index (χ1v) is 7.60. The largest absolute Gasteiger partial charge is 0.396 e. The average molecular weight is 273 g/mol. The van der Waals surface area contributed by atoms with Gasteiger partial charge in [0.2, 0.25) is 0 Å². The number of H-pyrrole nitrogens is 1. The summed E-state index contributed by atoms with van der Waals surface area (Å²) in [7, 11) is -3.46. The highest BCUT2D eigenvalue weighted by molar-refractivity contribution is 7.89. The summed E-state index contributed by atoms with van der Waals surface area (Å²) in [5, 5.41) is 9.10. The van der Waals surface area contributed by atoms with Gasteiger partial charge in [0.05, 0.1) is 6.20 Å². The summed E-state index contributed by atoms with van der Waals surface area (Å²) >= 11 is 0. The fourth-order valence-corrected chi connectivity index (χ4v) is 3.85. The van der Waals surface area contributed by atoms with Crippen LogP contribution in [0.15, 0.2) is 11.2 Å². The zero-order valence-electron chi connectivity index (χ0n) is 10.5. The van der Waals surface area contributed by atoms with Crippen molar-refractivity contribution in [3.05, 3.63) is 12.0 Å². The first kappa shape index (κ1) is 13.5. The highest BCUT2D eigenvalue weighted by Crippen LogP contribution is 2.24. The number of hydrogen-bond acceptors (Lipinski definition) is 4. The summed E-state index contributed by atoms with van der Waals surface area (Å²) in [4.78, 5) is 6.70. The first-order chi connectivity index (χ1) is 8.54. The lowest BCUT2D eigenvalue weighted by Gasteiger charge is -2.31. The summed E-state index contributed by atoms with van der Waals surface area (Å²) in [6.07, 6.45) is 3.85. The Kier molecular flexibility index (Phi) is 4.04. The summed E-state index contributed by atoms with van der Waals surface area (Å²) in [5.41, 5.74) is 0. The fourth-order valence-electron chi connectivity index (χ4n) is 2.33. The van der Waals surface area contributed by atoms with Gasteiger partial charge in [-0.15, -0.1) is 0 Å². The van der Waals surface area contributed by atoms with Crippen molar-refractivity contribution in [1.82, 2.24) is 14.3 Å². The molecule has 1 fully saturated rings. The third-order valence-corrected chi connectivity index (χ3v) is 5.09. The molecule has 18 heavy (non-hydrogen) atoms. The lowest BCUT2D eigenvalue weighted by atomic mass is 9.97. The fraction of sp³-hybridized carbons (Fsp3) is 0.727. The topological polar surface area (TPSA) is 86.3 Å². The van der Waals surface area contributed by atoms with Crippen LogP contribution < -0.4 is 0 Å². The van der Waals surface area contributed by atoms with Crippen LogP contribution >= 0.6 is 0 Å². The average Bonchev–Trinajstić information content (AvgIpc) is 2.77. The van der Waals surface area contributed by atoms with Gasteiger partial charge in [-0.25, -0.2) is 13.4 Å². The number of piperidine rings is 1. The number of hydrogen-bond donors (Lipinski definition) is 2. The van der Waals surface area contributed by atoms with Crippen molar-refractivity contribution >= 4 is 10.0 Å². The second kappa shape index (κ2) is 5.38. The van der Waals surface area contributed by atoms with Gasteiger partial charge in [0, 0.05) is 19.7 Å². The highest BCUT2D eigenvalue weighted by Gasteiger charge is 2.31. The Labute approximate surface area is 107 Å². The van der Waals surface area contributed by atoms with Gasteiger partial charge in [-0.3, -0.25) is 0 Å². The van der Waals surface area contributed by atoms with E-state index >= 15 is 0 Å². The molecule has 2 heterocycles. The molecule has 1 aliphatic rings. The molecule has 1 unspecified atom stereocenters. The van der Waals surface area contributed by atoms with E-state index in [2.05, 4.69) is 9.97 Å².